The summed E-state index contributed by atoms with van der Waals surface area (Å²) in [6.45, 7) is 7.45. The molecule has 0 radical (unpaired) electrons. The molecule has 1 fully saturated rings. The highest BCUT2D eigenvalue weighted by atomic mass is 32.2. The van der Waals surface area contributed by atoms with Gasteiger partial charge in [0.15, 0.2) is 0 Å². The van der Waals surface area contributed by atoms with Gasteiger partial charge in [0.25, 0.3) is 11.0 Å². The average molecular weight is 237 g/mol. The van der Waals surface area contributed by atoms with Crippen LogP contribution >= 0.6 is 0 Å². The normalized spacial score (nSPS) is 27.1. The van der Waals surface area contributed by atoms with E-state index >= 15 is 0 Å². The lowest BCUT2D eigenvalue weighted by atomic mass is 9.80. The van der Waals surface area contributed by atoms with Crippen LogP contribution in [0.1, 0.15) is 40.5 Å². The predicted molar refractivity (Wildman–Crippen MR) is 56.2 cm³/mol. The van der Waals surface area contributed by atoms with Crippen molar-refractivity contribution in [2.45, 2.75) is 57.7 Å². The Morgan fingerprint density at radius 1 is 1.20 bits per heavy atom. The van der Waals surface area contributed by atoms with Crippen LogP contribution in [0.4, 0.5) is 0 Å². The van der Waals surface area contributed by atoms with E-state index in [2.05, 4.69) is 0 Å². The Labute approximate surface area is 92.1 Å². The second-order valence-corrected chi connectivity index (χ2v) is 5.95. The summed E-state index contributed by atoms with van der Waals surface area (Å²) in [6, 6.07) is 0. The molecular weight excluding hydrogens is 218 g/mol. The first-order chi connectivity index (χ1) is 6.65. The number of hydrogen-bond donors (Lipinski definition) is 2. The van der Waals surface area contributed by atoms with Crippen molar-refractivity contribution in [2.75, 3.05) is 0 Å². The minimum atomic E-state index is -2.82. The van der Waals surface area contributed by atoms with Crippen LogP contribution in [0.2, 0.25) is 0 Å². The van der Waals surface area contributed by atoms with Crippen LogP contribution < -0.4 is 0 Å². The molecule has 1 saturated heterocycles. The predicted octanol–water partition coefficient (Wildman–Crippen LogP) is 0.940. The summed E-state index contributed by atoms with van der Waals surface area (Å²) < 4.78 is 25.8. The van der Waals surface area contributed by atoms with Crippen molar-refractivity contribution >= 4 is 11.0 Å². The maximum atomic E-state index is 10.5. The zero-order valence-corrected chi connectivity index (χ0v) is 10.5. The third-order valence-corrected chi connectivity index (χ3v) is 3.31. The van der Waals surface area contributed by atoms with E-state index in [0.717, 1.165) is 0 Å². The molecule has 0 spiro atoms. The molecule has 1 aliphatic rings. The van der Waals surface area contributed by atoms with Crippen molar-refractivity contribution < 1.29 is 17.8 Å². The minimum Gasteiger partial charge on any atom is -0.313 e. The lowest BCUT2D eigenvalue weighted by Crippen LogP contribution is -2.60. The van der Waals surface area contributed by atoms with Crippen LogP contribution in [0, 0.1) is 0 Å². The SMILES string of the molecule is CC1(C)CC(O[SH](=O)=O)CC(C)(C)N1O. The number of thiol groups is 1. The zero-order valence-electron chi connectivity index (χ0n) is 9.56. The fourth-order valence-corrected chi connectivity index (χ4v) is 2.77. The maximum absolute atomic E-state index is 10.5. The molecule has 15 heavy (non-hydrogen) atoms. The minimum absolute atomic E-state index is 0.348. The smallest absolute Gasteiger partial charge is 0.257 e. The summed E-state index contributed by atoms with van der Waals surface area (Å²) in [4.78, 5) is 0. The van der Waals surface area contributed by atoms with Crippen molar-refractivity contribution in [2.24, 2.45) is 0 Å². The van der Waals surface area contributed by atoms with E-state index in [1.54, 1.807) is 0 Å². The molecule has 1 N–H and O–H groups in total. The van der Waals surface area contributed by atoms with E-state index in [9.17, 15) is 13.6 Å². The van der Waals surface area contributed by atoms with Gasteiger partial charge in [-0.25, -0.2) is 8.42 Å². The van der Waals surface area contributed by atoms with Crippen LogP contribution in [-0.2, 0) is 15.2 Å². The van der Waals surface area contributed by atoms with Gasteiger partial charge in [0.05, 0.1) is 6.10 Å². The van der Waals surface area contributed by atoms with E-state index in [4.69, 9.17) is 4.18 Å². The number of piperidine rings is 1. The van der Waals surface area contributed by atoms with E-state index < -0.39 is 22.1 Å². The van der Waals surface area contributed by atoms with Crippen molar-refractivity contribution in [3.05, 3.63) is 0 Å². The first kappa shape index (κ1) is 12.9. The lowest BCUT2D eigenvalue weighted by Gasteiger charge is -2.50. The number of hydrogen-bond acceptors (Lipinski definition) is 5. The average Bonchev–Trinajstić information content (AvgIpc) is 1.97. The highest BCUT2D eigenvalue weighted by Gasteiger charge is 2.45. The molecule has 0 atom stereocenters. The second-order valence-electron chi connectivity index (χ2n) is 5.30. The Hall–Kier alpha value is -0.170. The molecule has 90 valence electrons. The van der Waals surface area contributed by atoms with Crippen molar-refractivity contribution in [3.8, 4) is 0 Å². The first-order valence-corrected chi connectivity index (χ1v) is 6.05. The monoisotopic (exact) mass is 237 g/mol. The largest absolute Gasteiger partial charge is 0.313 e. The standard InChI is InChI=1S/C9H19NO4S/c1-8(2)5-7(14-15(12)13)6-9(3,4)10(8)11/h7,11,15H,5-6H2,1-4H3. The zero-order chi connectivity index (χ0) is 11.9. The van der Waals surface area contributed by atoms with Gasteiger partial charge in [-0.3, -0.25) is 4.18 Å². The molecule has 0 aromatic heterocycles. The Kier molecular flexibility index (Phi) is 3.45. The molecule has 1 rings (SSSR count). The van der Waals surface area contributed by atoms with Crippen molar-refractivity contribution in [1.82, 2.24) is 5.06 Å². The maximum Gasteiger partial charge on any atom is 0.257 e. The van der Waals surface area contributed by atoms with Crippen LogP contribution in [0.25, 0.3) is 0 Å². The van der Waals surface area contributed by atoms with E-state index in [1.165, 1.54) is 5.06 Å². The van der Waals surface area contributed by atoms with E-state index in [1.807, 2.05) is 27.7 Å². The molecule has 0 aromatic rings. The van der Waals surface area contributed by atoms with Gasteiger partial charge >= 0.3 is 0 Å². The summed E-state index contributed by atoms with van der Waals surface area (Å²) in [6.07, 6.45) is 0.645. The summed E-state index contributed by atoms with van der Waals surface area (Å²) in [7, 11) is -2.82. The van der Waals surface area contributed by atoms with Crippen LogP contribution in [-0.4, -0.2) is 35.9 Å². The first-order valence-electron chi connectivity index (χ1n) is 4.95. The molecule has 5 nitrogen and oxygen atoms in total. The van der Waals surface area contributed by atoms with Crippen molar-refractivity contribution in [1.29, 1.82) is 0 Å². The summed E-state index contributed by atoms with van der Waals surface area (Å²) >= 11 is 0. The van der Waals surface area contributed by atoms with Gasteiger partial charge in [-0.15, -0.1) is 0 Å². The molecule has 0 amide bonds. The molecule has 0 aliphatic carbocycles. The number of nitrogens with zero attached hydrogens (tertiary/aromatic N) is 1. The Bertz CT molecular complexity index is 285. The van der Waals surface area contributed by atoms with E-state index in [0.29, 0.717) is 12.8 Å². The molecule has 1 heterocycles. The Balaban J connectivity index is 2.83. The van der Waals surface area contributed by atoms with Gasteiger partial charge in [0.2, 0.25) is 0 Å². The third kappa shape index (κ3) is 2.90. The quantitative estimate of drug-likeness (QED) is 0.700. The van der Waals surface area contributed by atoms with Crippen LogP contribution in [0.15, 0.2) is 0 Å². The highest BCUT2D eigenvalue weighted by Crippen LogP contribution is 2.37. The molecule has 0 saturated carbocycles. The summed E-state index contributed by atoms with van der Waals surface area (Å²) in [5.41, 5.74) is -0.949. The van der Waals surface area contributed by atoms with Crippen LogP contribution in [0.5, 0.6) is 0 Å². The van der Waals surface area contributed by atoms with Gasteiger partial charge in [-0.1, -0.05) is 0 Å². The number of rotatable bonds is 2. The Morgan fingerprint density at radius 3 is 1.93 bits per heavy atom. The molecule has 0 unspecified atom stereocenters. The van der Waals surface area contributed by atoms with Gasteiger partial charge < -0.3 is 5.21 Å². The highest BCUT2D eigenvalue weighted by molar-refractivity contribution is 7.67. The fourth-order valence-electron chi connectivity index (χ4n) is 2.38. The van der Waals surface area contributed by atoms with Crippen molar-refractivity contribution in [3.63, 3.8) is 0 Å². The molecule has 0 aromatic carbocycles. The molecule has 6 heteroatoms. The fraction of sp³-hybridized carbons (Fsp3) is 1.00. The van der Waals surface area contributed by atoms with Gasteiger partial charge in [0.1, 0.15) is 0 Å². The lowest BCUT2D eigenvalue weighted by molar-refractivity contribution is -0.254. The van der Waals surface area contributed by atoms with Gasteiger partial charge in [-0.05, 0) is 40.5 Å². The molecule has 1 aliphatic heterocycles. The van der Waals surface area contributed by atoms with E-state index in [-0.39, 0.29) is 6.10 Å². The van der Waals surface area contributed by atoms with Crippen LogP contribution in [0.3, 0.4) is 0 Å². The Morgan fingerprint density at radius 2 is 1.60 bits per heavy atom. The summed E-state index contributed by atoms with van der Waals surface area (Å²) in [5.74, 6) is 0. The second kappa shape index (κ2) is 4.01. The number of hydroxylamine groups is 2. The topological polar surface area (TPSA) is 66.8 Å². The summed E-state index contributed by atoms with van der Waals surface area (Å²) in [5, 5.41) is 11.2. The third-order valence-electron chi connectivity index (χ3n) is 2.84. The van der Waals surface area contributed by atoms with Gasteiger partial charge in [0, 0.05) is 11.1 Å². The van der Waals surface area contributed by atoms with Gasteiger partial charge in [-0.2, -0.15) is 5.06 Å². The molecular formula is C9H19NO4S. The molecule has 0 bridgehead atoms.